The summed E-state index contributed by atoms with van der Waals surface area (Å²) in [5.41, 5.74) is 2.29. The van der Waals surface area contributed by atoms with Crippen LogP contribution in [0, 0.1) is 13.8 Å². The number of aryl methyl sites for hydroxylation is 2. The van der Waals surface area contributed by atoms with Gasteiger partial charge in [0.2, 0.25) is 0 Å². The standard InChI is InChI=1S/C12H13N5S/c1-7-8(2)18-12-10(7)11(14-6-15-12)13-5-9-3-4-16-17-9/h3-4,6H,5H2,1-2H3,(H,16,17)(H,13,14,15). The number of fused-ring (bicyclic) bond motifs is 1. The molecule has 18 heavy (non-hydrogen) atoms. The van der Waals surface area contributed by atoms with E-state index in [9.17, 15) is 0 Å². The van der Waals surface area contributed by atoms with E-state index in [1.54, 1.807) is 23.9 Å². The molecule has 0 saturated carbocycles. The molecule has 5 nitrogen and oxygen atoms in total. The Bertz CT molecular complexity index is 671. The zero-order chi connectivity index (χ0) is 12.5. The number of hydrogen-bond donors (Lipinski definition) is 2. The van der Waals surface area contributed by atoms with Gasteiger partial charge in [0.25, 0.3) is 0 Å². The van der Waals surface area contributed by atoms with Crippen molar-refractivity contribution in [3.63, 3.8) is 0 Å². The second kappa shape index (κ2) is 4.38. The lowest BCUT2D eigenvalue weighted by Gasteiger charge is -2.05. The molecule has 0 aliphatic rings. The maximum Gasteiger partial charge on any atom is 0.138 e. The van der Waals surface area contributed by atoms with Crippen LogP contribution >= 0.6 is 11.3 Å². The number of hydrogen-bond acceptors (Lipinski definition) is 5. The molecule has 3 aromatic heterocycles. The summed E-state index contributed by atoms with van der Waals surface area (Å²) >= 11 is 1.70. The van der Waals surface area contributed by atoms with E-state index >= 15 is 0 Å². The summed E-state index contributed by atoms with van der Waals surface area (Å²) in [6, 6.07) is 1.94. The van der Waals surface area contributed by atoms with Crippen molar-refractivity contribution in [2.24, 2.45) is 0 Å². The molecular weight excluding hydrogens is 246 g/mol. The van der Waals surface area contributed by atoms with Crippen LogP contribution in [0.3, 0.4) is 0 Å². The molecule has 0 radical (unpaired) electrons. The van der Waals surface area contributed by atoms with Gasteiger partial charge >= 0.3 is 0 Å². The molecule has 0 aliphatic heterocycles. The van der Waals surface area contributed by atoms with Crippen molar-refractivity contribution in [2.75, 3.05) is 5.32 Å². The first-order chi connectivity index (χ1) is 8.75. The predicted octanol–water partition coefficient (Wildman–Crippen LogP) is 2.64. The lowest BCUT2D eigenvalue weighted by Crippen LogP contribution is -2.02. The van der Waals surface area contributed by atoms with Crippen molar-refractivity contribution >= 4 is 27.4 Å². The molecule has 0 fully saturated rings. The molecule has 2 N–H and O–H groups in total. The number of H-pyrrole nitrogens is 1. The van der Waals surface area contributed by atoms with Crippen LogP contribution in [0.25, 0.3) is 10.2 Å². The fourth-order valence-corrected chi connectivity index (χ4v) is 2.88. The van der Waals surface area contributed by atoms with E-state index in [0.717, 1.165) is 21.7 Å². The average Bonchev–Trinajstić information content (AvgIpc) is 2.97. The van der Waals surface area contributed by atoms with Gasteiger partial charge in [-0.1, -0.05) is 0 Å². The van der Waals surface area contributed by atoms with Gasteiger partial charge in [0.15, 0.2) is 0 Å². The van der Waals surface area contributed by atoms with Crippen LogP contribution in [-0.4, -0.2) is 20.2 Å². The van der Waals surface area contributed by atoms with Gasteiger partial charge in [0, 0.05) is 11.1 Å². The van der Waals surface area contributed by atoms with E-state index in [0.29, 0.717) is 6.54 Å². The predicted molar refractivity (Wildman–Crippen MR) is 72.8 cm³/mol. The second-order valence-electron chi connectivity index (χ2n) is 4.12. The highest BCUT2D eigenvalue weighted by Gasteiger charge is 2.11. The minimum Gasteiger partial charge on any atom is -0.364 e. The Morgan fingerprint density at radius 3 is 3.00 bits per heavy atom. The van der Waals surface area contributed by atoms with Crippen LogP contribution in [0.15, 0.2) is 18.6 Å². The number of nitrogens with zero attached hydrogens (tertiary/aromatic N) is 3. The quantitative estimate of drug-likeness (QED) is 0.759. The van der Waals surface area contributed by atoms with Crippen molar-refractivity contribution in [2.45, 2.75) is 20.4 Å². The van der Waals surface area contributed by atoms with Gasteiger partial charge in [-0.15, -0.1) is 11.3 Å². The number of anilines is 1. The Hall–Kier alpha value is -1.95. The summed E-state index contributed by atoms with van der Waals surface area (Å²) in [4.78, 5) is 11.0. The SMILES string of the molecule is Cc1sc2ncnc(NCc3ccn[nH]3)c2c1C. The van der Waals surface area contributed by atoms with Crippen molar-refractivity contribution in [1.29, 1.82) is 0 Å². The highest BCUT2D eigenvalue weighted by molar-refractivity contribution is 7.18. The average molecular weight is 259 g/mol. The van der Waals surface area contributed by atoms with Crippen molar-refractivity contribution in [1.82, 2.24) is 20.2 Å². The Balaban J connectivity index is 1.96. The maximum absolute atomic E-state index is 4.33. The smallest absolute Gasteiger partial charge is 0.138 e. The molecule has 0 spiro atoms. The molecule has 0 aromatic carbocycles. The molecule has 3 heterocycles. The topological polar surface area (TPSA) is 66.5 Å². The third-order valence-corrected chi connectivity index (χ3v) is 4.09. The Morgan fingerprint density at radius 1 is 1.33 bits per heavy atom. The summed E-state index contributed by atoms with van der Waals surface area (Å²) in [6.45, 7) is 4.90. The summed E-state index contributed by atoms with van der Waals surface area (Å²) < 4.78 is 0. The van der Waals surface area contributed by atoms with E-state index in [-0.39, 0.29) is 0 Å². The second-order valence-corrected chi connectivity index (χ2v) is 5.32. The van der Waals surface area contributed by atoms with E-state index in [1.807, 2.05) is 6.07 Å². The van der Waals surface area contributed by atoms with Crippen LogP contribution in [0.2, 0.25) is 0 Å². The molecule has 6 heteroatoms. The summed E-state index contributed by atoms with van der Waals surface area (Å²) in [7, 11) is 0. The lowest BCUT2D eigenvalue weighted by molar-refractivity contribution is 0.975. The van der Waals surface area contributed by atoms with Gasteiger partial charge in [-0.2, -0.15) is 5.10 Å². The normalized spacial score (nSPS) is 11.0. The van der Waals surface area contributed by atoms with Gasteiger partial charge < -0.3 is 5.32 Å². The molecule has 0 unspecified atom stereocenters. The minimum atomic E-state index is 0.681. The first kappa shape index (κ1) is 11.2. The first-order valence-corrected chi connectivity index (χ1v) is 6.50. The molecule has 0 bridgehead atoms. The van der Waals surface area contributed by atoms with E-state index < -0.39 is 0 Å². The zero-order valence-electron chi connectivity index (χ0n) is 10.2. The van der Waals surface area contributed by atoms with Crippen molar-refractivity contribution < 1.29 is 0 Å². The first-order valence-electron chi connectivity index (χ1n) is 5.68. The van der Waals surface area contributed by atoms with E-state index in [2.05, 4.69) is 39.3 Å². The maximum atomic E-state index is 4.33. The number of aromatic amines is 1. The van der Waals surface area contributed by atoms with Crippen molar-refractivity contribution in [3.05, 3.63) is 34.7 Å². The molecule has 0 amide bonds. The highest BCUT2D eigenvalue weighted by Crippen LogP contribution is 2.32. The molecule has 0 saturated heterocycles. The Labute approximate surface area is 108 Å². The minimum absolute atomic E-state index is 0.681. The zero-order valence-corrected chi connectivity index (χ0v) is 11.0. The van der Waals surface area contributed by atoms with Gasteiger partial charge in [0.1, 0.15) is 17.0 Å². The molecule has 0 atom stereocenters. The van der Waals surface area contributed by atoms with Crippen molar-refractivity contribution in [3.8, 4) is 0 Å². The number of aromatic nitrogens is 4. The number of thiophene rings is 1. The number of nitrogens with one attached hydrogen (secondary N) is 2. The van der Waals surface area contributed by atoms with Gasteiger partial charge in [-0.3, -0.25) is 5.10 Å². The van der Waals surface area contributed by atoms with Crippen LogP contribution in [-0.2, 0) is 6.54 Å². The van der Waals surface area contributed by atoms with Crippen LogP contribution in [0.1, 0.15) is 16.1 Å². The molecule has 3 aromatic rings. The molecule has 0 aliphatic carbocycles. The highest BCUT2D eigenvalue weighted by atomic mass is 32.1. The van der Waals surface area contributed by atoms with E-state index in [4.69, 9.17) is 0 Å². The summed E-state index contributed by atoms with van der Waals surface area (Å²) in [6.07, 6.45) is 3.35. The number of rotatable bonds is 3. The van der Waals surface area contributed by atoms with Crippen LogP contribution < -0.4 is 5.32 Å². The summed E-state index contributed by atoms with van der Waals surface area (Å²) in [5, 5.41) is 11.3. The Kier molecular flexibility index (Phi) is 2.71. The molecular formula is C12H13N5S. The molecule has 3 rings (SSSR count). The third-order valence-electron chi connectivity index (χ3n) is 2.97. The fraction of sp³-hybridized carbons (Fsp3) is 0.250. The third kappa shape index (κ3) is 1.84. The van der Waals surface area contributed by atoms with Gasteiger partial charge in [-0.05, 0) is 25.5 Å². The van der Waals surface area contributed by atoms with E-state index in [1.165, 1.54) is 10.4 Å². The van der Waals surface area contributed by atoms with Gasteiger partial charge in [0.05, 0.1) is 17.6 Å². The van der Waals surface area contributed by atoms with Crippen LogP contribution in [0.5, 0.6) is 0 Å². The lowest BCUT2D eigenvalue weighted by atomic mass is 10.2. The molecule has 92 valence electrons. The summed E-state index contributed by atoms with van der Waals surface area (Å²) in [5.74, 6) is 0.886. The largest absolute Gasteiger partial charge is 0.364 e. The van der Waals surface area contributed by atoms with Gasteiger partial charge in [-0.25, -0.2) is 9.97 Å². The monoisotopic (exact) mass is 259 g/mol. The van der Waals surface area contributed by atoms with Crippen LogP contribution in [0.4, 0.5) is 5.82 Å². The fourth-order valence-electron chi connectivity index (χ4n) is 1.88. The Morgan fingerprint density at radius 2 is 2.22 bits per heavy atom.